The fourth-order valence-electron chi connectivity index (χ4n) is 3.28. The minimum absolute atomic E-state index is 0.000944. The molecule has 2 saturated heterocycles. The van der Waals surface area contributed by atoms with Crippen molar-refractivity contribution < 1.29 is 4.79 Å². The summed E-state index contributed by atoms with van der Waals surface area (Å²) in [6, 6.07) is 0. The average molecular weight is 361 g/mol. The van der Waals surface area contributed by atoms with Crippen molar-refractivity contribution in [2.75, 3.05) is 61.0 Å². The van der Waals surface area contributed by atoms with Gasteiger partial charge in [0.2, 0.25) is 23.8 Å². The van der Waals surface area contributed by atoms with E-state index in [1.807, 2.05) is 25.8 Å². The largest absolute Gasteiger partial charge is 0.354 e. The maximum atomic E-state index is 11.7. The molecular formula is C18H31N7O. The standard InChI is InChI=1S/C18H31N7O/c1-14(2)15(26)19-8-13-23(3)16-20-17(24-9-4-5-10-24)22-18(21-16)25-11-6-7-12-25/h14H,4-13H2,1-3H3,(H,19,26). The summed E-state index contributed by atoms with van der Waals surface area (Å²) in [6.45, 7) is 9.09. The van der Waals surface area contributed by atoms with Gasteiger partial charge >= 0.3 is 0 Å². The average Bonchev–Trinajstić information content (AvgIpc) is 3.34. The molecule has 2 fully saturated rings. The number of carbonyl (C=O) groups is 1. The Labute approximate surface area is 156 Å². The lowest BCUT2D eigenvalue weighted by molar-refractivity contribution is -0.123. The van der Waals surface area contributed by atoms with Crippen molar-refractivity contribution in [2.45, 2.75) is 39.5 Å². The van der Waals surface area contributed by atoms with Crippen LogP contribution in [-0.4, -0.2) is 67.2 Å². The molecule has 2 aliphatic rings. The molecule has 0 bridgehead atoms. The van der Waals surface area contributed by atoms with Crippen LogP contribution in [0.5, 0.6) is 0 Å². The van der Waals surface area contributed by atoms with Crippen molar-refractivity contribution in [3.63, 3.8) is 0 Å². The minimum atomic E-state index is 0.000944. The number of rotatable bonds is 7. The van der Waals surface area contributed by atoms with Crippen LogP contribution in [0.15, 0.2) is 0 Å². The van der Waals surface area contributed by atoms with Crippen LogP contribution in [0.4, 0.5) is 17.8 Å². The van der Waals surface area contributed by atoms with Crippen molar-refractivity contribution >= 4 is 23.8 Å². The van der Waals surface area contributed by atoms with Crippen LogP contribution in [0.3, 0.4) is 0 Å². The van der Waals surface area contributed by atoms with Gasteiger partial charge in [-0.3, -0.25) is 4.79 Å². The van der Waals surface area contributed by atoms with E-state index in [9.17, 15) is 4.79 Å². The lowest BCUT2D eigenvalue weighted by atomic mass is 10.2. The maximum Gasteiger partial charge on any atom is 0.231 e. The predicted octanol–water partition coefficient (Wildman–Crippen LogP) is 1.28. The molecule has 1 amide bonds. The monoisotopic (exact) mass is 361 g/mol. The lowest BCUT2D eigenvalue weighted by Gasteiger charge is -2.24. The molecule has 0 unspecified atom stereocenters. The van der Waals surface area contributed by atoms with Gasteiger partial charge in [0.1, 0.15) is 0 Å². The molecule has 0 atom stereocenters. The first-order valence-corrected chi connectivity index (χ1v) is 9.79. The van der Waals surface area contributed by atoms with Gasteiger partial charge in [-0.15, -0.1) is 0 Å². The van der Waals surface area contributed by atoms with E-state index in [1.54, 1.807) is 0 Å². The summed E-state index contributed by atoms with van der Waals surface area (Å²) >= 11 is 0. The fraction of sp³-hybridized carbons (Fsp3) is 0.778. The van der Waals surface area contributed by atoms with Gasteiger partial charge < -0.3 is 20.0 Å². The van der Waals surface area contributed by atoms with Crippen LogP contribution in [0, 0.1) is 5.92 Å². The zero-order valence-corrected chi connectivity index (χ0v) is 16.2. The molecule has 0 aliphatic carbocycles. The third-order valence-corrected chi connectivity index (χ3v) is 4.99. The molecule has 3 rings (SSSR count). The first kappa shape index (κ1) is 18.7. The maximum absolute atomic E-state index is 11.7. The molecule has 0 spiro atoms. The number of nitrogens with zero attached hydrogens (tertiary/aromatic N) is 6. The summed E-state index contributed by atoms with van der Waals surface area (Å²) in [7, 11) is 1.97. The van der Waals surface area contributed by atoms with Crippen molar-refractivity contribution in [1.29, 1.82) is 0 Å². The number of carbonyl (C=O) groups excluding carboxylic acids is 1. The molecule has 0 saturated carbocycles. The van der Waals surface area contributed by atoms with Crippen LogP contribution in [0.25, 0.3) is 0 Å². The summed E-state index contributed by atoms with van der Waals surface area (Å²) in [5.74, 6) is 2.33. The summed E-state index contributed by atoms with van der Waals surface area (Å²) < 4.78 is 0. The number of hydrogen-bond acceptors (Lipinski definition) is 7. The third-order valence-electron chi connectivity index (χ3n) is 4.99. The van der Waals surface area contributed by atoms with Gasteiger partial charge in [0, 0.05) is 52.2 Å². The van der Waals surface area contributed by atoms with Crippen molar-refractivity contribution in [3.8, 4) is 0 Å². The molecule has 2 aliphatic heterocycles. The second-order valence-electron chi connectivity index (χ2n) is 7.49. The number of amides is 1. The van der Waals surface area contributed by atoms with Gasteiger partial charge in [-0.05, 0) is 25.7 Å². The second kappa shape index (κ2) is 8.51. The molecule has 8 nitrogen and oxygen atoms in total. The smallest absolute Gasteiger partial charge is 0.231 e. The van der Waals surface area contributed by atoms with Crippen LogP contribution in [0.2, 0.25) is 0 Å². The SMILES string of the molecule is CC(C)C(=O)NCCN(C)c1nc(N2CCCC2)nc(N2CCCC2)n1. The number of aromatic nitrogens is 3. The zero-order valence-electron chi connectivity index (χ0n) is 16.2. The Morgan fingerprint density at radius 3 is 1.96 bits per heavy atom. The number of hydrogen-bond donors (Lipinski definition) is 1. The molecule has 3 heterocycles. The van der Waals surface area contributed by atoms with E-state index in [-0.39, 0.29) is 11.8 Å². The van der Waals surface area contributed by atoms with E-state index in [0.717, 1.165) is 38.1 Å². The Kier molecular flexibility index (Phi) is 6.11. The van der Waals surface area contributed by atoms with E-state index < -0.39 is 0 Å². The summed E-state index contributed by atoms with van der Waals surface area (Å²) in [6.07, 6.45) is 4.77. The molecule has 1 aromatic rings. The van der Waals surface area contributed by atoms with Gasteiger partial charge in [0.05, 0.1) is 0 Å². The first-order chi connectivity index (χ1) is 12.5. The first-order valence-electron chi connectivity index (χ1n) is 9.79. The van der Waals surface area contributed by atoms with Gasteiger partial charge in [-0.2, -0.15) is 15.0 Å². The van der Waals surface area contributed by atoms with Gasteiger partial charge in [-0.1, -0.05) is 13.8 Å². The molecular weight excluding hydrogens is 330 g/mol. The Balaban J connectivity index is 1.72. The molecule has 8 heteroatoms. The molecule has 0 radical (unpaired) electrons. The lowest BCUT2D eigenvalue weighted by Crippen LogP contribution is -2.36. The number of likely N-dealkylation sites (N-methyl/N-ethyl adjacent to an activating group) is 1. The van der Waals surface area contributed by atoms with E-state index in [0.29, 0.717) is 19.0 Å². The topological polar surface area (TPSA) is 77.5 Å². The summed E-state index contributed by atoms with van der Waals surface area (Å²) in [4.78, 5) is 32.4. The Morgan fingerprint density at radius 1 is 1.00 bits per heavy atom. The molecule has 1 aromatic heterocycles. The van der Waals surface area contributed by atoms with E-state index in [1.165, 1.54) is 25.7 Å². The Bertz CT molecular complexity index is 575. The fourth-order valence-corrected chi connectivity index (χ4v) is 3.28. The Hall–Kier alpha value is -2.12. The number of nitrogens with one attached hydrogen (secondary N) is 1. The molecule has 144 valence electrons. The van der Waals surface area contributed by atoms with Gasteiger partial charge in [0.25, 0.3) is 0 Å². The molecule has 0 aromatic carbocycles. The highest BCUT2D eigenvalue weighted by Gasteiger charge is 2.22. The van der Waals surface area contributed by atoms with Gasteiger partial charge in [0.15, 0.2) is 0 Å². The highest BCUT2D eigenvalue weighted by Crippen LogP contribution is 2.23. The number of anilines is 3. The van der Waals surface area contributed by atoms with E-state index in [2.05, 4.69) is 15.1 Å². The van der Waals surface area contributed by atoms with Gasteiger partial charge in [-0.25, -0.2) is 0 Å². The highest BCUT2D eigenvalue weighted by molar-refractivity contribution is 5.77. The normalized spacial score (nSPS) is 17.2. The van der Waals surface area contributed by atoms with Crippen LogP contribution in [0.1, 0.15) is 39.5 Å². The summed E-state index contributed by atoms with van der Waals surface area (Å²) in [5, 5.41) is 2.95. The van der Waals surface area contributed by atoms with Crippen molar-refractivity contribution in [3.05, 3.63) is 0 Å². The second-order valence-corrected chi connectivity index (χ2v) is 7.49. The Morgan fingerprint density at radius 2 is 1.50 bits per heavy atom. The van der Waals surface area contributed by atoms with Crippen LogP contribution >= 0.6 is 0 Å². The minimum Gasteiger partial charge on any atom is -0.354 e. The van der Waals surface area contributed by atoms with E-state index in [4.69, 9.17) is 15.0 Å². The third kappa shape index (κ3) is 4.53. The molecule has 26 heavy (non-hydrogen) atoms. The zero-order chi connectivity index (χ0) is 18.5. The van der Waals surface area contributed by atoms with Crippen molar-refractivity contribution in [2.24, 2.45) is 5.92 Å². The van der Waals surface area contributed by atoms with Crippen LogP contribution < -0.4 is 20.0 Å². The van der Waals surface area contributed by atoms with E-state index >= 15 is 0 Å². The highest BCUT2D eigenvalue weighted by atomic mass is 16.1. The summed E-state index contributed by atoms with van der Waals surface area (Å²) in [5.41, 5.74) is 0. The van der Waals surface area contributed by atoms with Crippen molar-refractivity contribution in [1.82, 2.24) is 20.3 Å². The quantitative estimate of drug-likeness (QED) is 0.784. The predicted molar refractivity (Wildman–Crippen MR) is 104 cm³/mol. The van der Waals surface area contributed by atoms with Crippen LogP contribution in [-0.2, 0) is 4.79 Å². The molecule has 1 N–H and O–H groups in total.